The maximum atomic E-state index is 11.4. The smallest absolute Gasteiger partial charge is 0.322 e. The minimum atomic E-state index is -1.02. The molecule has 0 fully saturated rings. The van der Waals surface area contributed by atoms with Gasteiger partial charge in [-0.2, -0.15) is 0 Å². The van der Waals surface area contributed by atoms with Crippen LogP contribution in [0.1, 0.15) is 18.9 Å². The highest BCUT2D eigenvalue weighted by Crippen LogP contribution is 2.04. The number of amides is 1. The van der Waals surface area contributed by atoms with E-state index in [1.807, 2.05) is 37.3 Å². The zero-order valence-electron chi connectivity index (χ0n) is 11.1. The van der Waals surface area contributed by atoms with Crippen LogP contribution in [0.4, 0.5) is 0 Å². The molecule has 1 aromatic carbocycles. The zero-order valence-corrected chi connectivity index (χ0v) is 11.1. The quantitative estimate of drug-likeness (QED) is 0.737. The van der Waals surface area contributed by atoms with Crippen LogP contribution in [0.15, 0.2) is 30.3 Å². The number of nitrogens with zero attached hydrogens (tertiary/aromatic N) is 1. The van der Waals surface area contributed by atoms with E-state index in [-0.39, 0.29) is 12.5 Å². The third-order valence-electron chi connectivity index (χ3n) is 2.79. The normalized spacial score (nSPS) is 10.4. The van der Waals surface area contributed by atoms with Gasteiger partial charge >= 0.3 is 5.97 Å². The molecular weight excluding hydrogens is 244 g/mol. The summed E-state index contributed by atoms with van der Waals surface area (Å²) < 4.78 is 0. The zero-order chi connectivity index (χ0) is 14.1. The van der Waals surface area contributed by atoms with Crippen molar-refractivity contribution in [3.05, 3.63) is 35.9 Å². The van der Waals surface area contributed by atoms with Crippen molar-refractivity contribution >= 4 is 11.9 Å². The van der Waals surface area contributed by atoms with Gasteiger partial charge in [0.05, 0.1) is 0 Å². The second kappa shape index (κ2) is 8.26. The molecule has 0 unspecified atom stereocenters. The fourth-order valence-corrected chi connectivity index (χ4v) is 1.71. The number of carbonyl (C=O) groups is 2. The molecule has 0 bridgehead atoms. The number of nitrogens with one attached hydrogen (secondary N) is 1. The van der Waals surface area contributed by atoms with Crippen LogP contribution < -0.4 is 5.32 Å². The predicted octanol–water partition coefficient (Wildman–Crippen LogP) is 1.10. The molecule has 0 saturated heterocycles. The number of hydrogen-bond acceptors (Lipinski definition) is 3. The Balaban J connectivity index is 2.32. The van der Waals surface area contributed by atoms with E-state index in [0.717, 1.165) is 13.1 Å². The van der Waals surface area contributed by atoms with Gasteiger partial charge in [-0.05, 0) is 12.1 Å². The fourth-order valence-electron chi connectivity index (χ4n) is 1.71. The first kappa shape index (κ1) is 15.2. The molecule has 0 heterocycles. The van der Waals surface area contributed by atoms with Crippen molar-refractivity contribution < 1.29 is 14.7 Å². The minimum Gasteiger partial charge on any atom is -0.480 e. The van der Waals surface area contributed by atoms with Crippen molar-refractivity contribution in [2.45, 2.75) is 19.9 Å². The second-order valence-corrected chi connectivity index (χ2v) is 4.27. The Hall–Kier alpha value is -1.88. The van der Waals surface area contributed by atoms with Crippen molar-refractivity contribution in [1.29, 1.82) is 0 Å². The van der Waals surface area contributed by atoms with E-state index >= 15 is 0 Å². The Labute approximate surface area is 113 Å². The van der Waals surface area contributed by atoms with Gasteiger partial charge in [0.25, 0.3) is 0 Å². The van der Waals surface area contributed by atoms with Crippen molar-refractivity contribution in [3.8, 4) is 0 Å². The molecule has 0 aliphatic heterocycles. The Kier molecular flexibility index (Phi) is 6.60. The molecule has 0 spiro atoms. The summed E-state index contributed by atoms with van der Waals surface area (Å²) in [4.78, 5) is 23.9. The van der Waals surface area contributed by atoms with Crippen LogP contribution in [-0.2, 0) is 16.1 Å². The van der Waals surface area contributed by atoms with E-state index in [2.05, 4.69) is 10.2 Å². The SMILES string of the molecule is CCN(CCC(=O)NCC(=O)O)Cc1ccccc1. The molecule has 2 N–H and O–H groups in total. The first-order chi connectivity index (χ1) is 9.11. The molecule has 1 rings (SSSR count). The fraction of sp³-hybridized carbons (Fsp3) is 0.429. The second-order valence-electron chi connectivity index (χ2n) is 4.27. The lowest BCUT2D eigenvalue weighted by Crippen LogP contribution is -2.33. The molecule has 104 valence electrons. The van der Waals surface area contributed by atoms with E-state index < -0.39 is 5.97 Å². The number of hydrogen-bond donors (Lipinski definition) is 2. The van der Waals surface area contributed by atoms with Crippen molar-refractivity contribution in [3.63, 3.8) is 0 Å². The van der Waals surface area contributed by atoms with Gasteiger partial charge in [0, 0.05) is 19.5 Å². The molecule has 1 amide bonds. The van der Waals surface area contributed by atoms with Crippen molar-refractivity contribution in [2.75, 3.05) is 19.6 Å². The first-order valence-electron chi connectivity index (χ1n) is 6.36. The molecule has 0 atom stereocenters. The number of carboxylic acids is 1. The topological polar surface area (TPSA) is 69.6 Å². The van der Waals surface area contributed by atoms with E-state index in [4.69, 9.17) is 5.11 Å². The van der Waals surface area contributed by atoms with Gasteiger partial charge in [-0.1, -0.05) is 37.3 Å². The molecule has 0 aromatic heterocycles. The Morgan fingerprint density at radius 2 is 1.95 bits per heavy atom. The Morgan fingerprint density at radius 3 is 2.53 bits per heavy atom. The standard InChI is InChI=1S/C14H20N2O3/c1-2-16(11-12-6-4-3-5-7-12)9-8-13(17)15-10-14(18)19/h3-7H,2,8-11H2,1H3,(H,15,17)(H,18,19). The number of carboxylic acid groups (broad SMARTS) is 1. The summed E-state index contributed by atoms with van der Waals surface area (Å²) in [6, 6.07) is 10.0. The third kappa shape index (κ3) is 6.57. The number of aliphatic carboxylic acids is 1. The molecular formula is C14H20N2O3. The summed E-state index contributed by atoms with van der Waals surface area (Å²) in [7, 11) is 0. The molecule has 0 radical (unpaired) electrons. The van der Waals surface area contributed by atoms with Gasteiger partial charge < -0.3 is 10.4 Å². The molecule has 19 heavy (non-hydrogen) atoms. The van der Waals surface area contributed by atoms with Crippen LogP contribution in [-0.4, -0.2) is 41.5 Å². The summed E-state index contributed by atoms with van der Waals surface area (Å²) in [5.41, 5.74) is 1.20. The molecule has 1 aromatic rings. The first-order valence-corrected chi connectivity index (χ1v) is 6.36. The third-order valence-corrected chi connectivity index (χ3v) is 2.79. The van der Waals surface area contributed by atoms with Crippen LogP contribution >= 0.6 is 0 Å². The van der Waals surface area contributed by atoms with Gasteiger partial charge in [-0.25, -0.2) is 0 Å². The summed E-state index contributed by atoms with van der Waals surface area (Å²) in [5, 5.41) is 10.8. The van der Waals surface area contributed by atoms with Gasteiger partial charge in [0.15, 0.2) is 0 Å². The Bertz CT molecular complexity index is 406. The number of carbonyl (C=O) groups excluding carboxylic acids is 1. The van der Waals surface area contributed by atoms with Crippen molar-refractivity contribution in [1.82, 2.24) is 10.2 Å². The van der Waals surface area contributed by atoms with Gasteiger partial charge in [0.1, 0.15) is 6.54 Å². The highest BCUT2D eigenvalue weighted by molar-refractivity contribution is 5.81. The van der Waals surface area contributed by atoms with E-state index in [1.54, 1.807) is 0 Å². The average Bonchev–Trinajstić information content (AvgIpc) is 2.42. The Morgan fingerprint density at radius 1 is 1.26 bits per heavy atom. The molecule has 5 nitrogen and oxygen atoms in total. The van der Waals surface area contributed by atoms with E-state index in [0.29, 0.717) is 13.0 Å². The summed E-state index contributed by atoms with van der Waals surface area (Å²) >= 11 is 0. The van der Waals surface area contributed by atoms with Crippen LogP contribution in [0.5, 0.6) is 0 Å². The molecule has 0 aliphatic rings. The lowest BCUT2D eigenvalue weighted by atomic mass is 10.2. The van der Waals surface area contributed by atoms with Gasteiger partial charge in [0.2, 0.25) is 5.91 Å². The van der Waals surface area contributed by atoms with Crippen LogP contribution in [0.3, 0.4) is 0 Å². The molecule has 0 saturated carbocycles. The van der Waals surface area contributed by atoms with E-state index in [9.17, 15) is 9.59 Å². The minimum absolute atomic E-state index is 0.228. The van der Waals surface area contributed by atoms with Crippen molar-refractivity contribution in [2.24, 2.45) is 0 Å². The summed E-state index contributed by atoms with van der Waals surface area (Å²) in [6.07, 6.45) is 0.313. The van der Waals surface area contributed by atoms with Crippen LogP contribution in [0, 0.1) is 0 Å². The highest BCUT2D eigenvalue weighted by atomic mass is 16.4. The van der Waals surface area contributed by atoms with Crippen LogP contribution in [0.2, 0.25) is 0 Å². The molecule has 0 aliphatic carbocycles. The lowest BCUT2D eigenvalue weighted by Gasteiger charge is -2.20. The van der Waals surface area contributed by atoms with E-state index in [1.165, 1.54) is 5.56 Å². The average molecular weight is 264 g/mol. The summed E-state index contributed by atoms with van der Waals surface area (Å²) in [5.74, 6) is -1.25. The lowest BCUT2D eigenvalue weighted by molar-refractivity contribution is -0.138. The van der Waals surface area contributed by atoms with Crippen LogP contribution in [0.25, 0.3) is 0 Å². The van der Waals surface area contributed by atoms with Gasteiger partial charge in [-0.15, -0.1) is 0 Å². The number of benzene rings is 1. The predicted molar refractivity (Wildman–Crippen MR) is 72.7 cm³/mol. The molecule has 5 heteroatoms. The maximum Gasteiger partial charge on any atom is 0.322 e. The summed E-state index contributed by atoms with van der Waals surface area (Å²) in [6.45, 7) is 3.99. The maximum absolute atomic E-state index is 11.4. The highest BCUT2D eigenvalue weighted by Gasteiger charge is 2.08. The monoisotopic (exact) mass is 264 g/mol. The van der Waals surface area contributed by atoms with Gasteiger partial charge in [-0.3, -0.25) is 14.5 Å². The number of rotatable bonds is 8. The largest absolute Gasteiger partial charge is 0.480 e.